The zero-order valence-corrected chi connectivity index (χ0v) is 22.0. The quantitative estimate of drug-likeness (QED) is 0.170. The highest BCUT2D eigenvalue weighted by molar-refractivity contribution is 6.02. The summed E-state index contributed by atoms with van der Waals surface area (Å²) in [4.78, 5) is 41.5. The molecular formula is C32H28N4O4. The van der Waals surface area contributed by atoms with Crippen LogP contribution in [0.15, 0.2) is 97.2 Å². The highest BCUT2D eigenvalue weighted by Crippen LogP contribution is 2.42. The average molecular weight is 533 g/mol. The molecule has 200 valence electrons. The molecule has 2 heterocycles. The fourth-order valence-electron chi connectivity index (χ4n) is 5.29. The van der Waals surface area contributed by atoms with Crippen molar-refractivity contribution in [1.82, 2.24) is 9.47 Å². The van der Waals surface area contributed by atoms with E-state index in [-0.39, 0.29) is 36.1 Å². The van der Waals surface area contributed by atoms with Crippen LogP contribution in [-0.2, 0) is 9.59 Å². The number of hydrogen-bond acceptors (Lipinski definition) is 4. The fourth-order valence-corrected chi connectivity index (χ4v) is 5.29. The maximum atomic E-state index is 14.2. The summed E-state index contributed by atoms with van der Waals surface area (Å²) in [5.74, 6) is -0.413. The van der Waals surface area contributed by atoms with Gasteiger partial charge in [0.05, 0.1) is 22.0 Å². The molecule has 0 saturated heterocycles. The van der Waals surface area contributed by atoms with Crippen LogP contribution in [0.1, 0.15) is 41.3 Å². The molecule has 3 aromatic carbocycles. The van der Waals surface area contributed by atoms with Crippen LogP contribution in [0.3, 0.4) is 0 Å². The first-order valence-electron chi connectivity index (χ1n) is 13.3. The predicted octanol–water partition coefficient (Wildman–Crippen LogP) is 5.83. The normalized spacial score (nSPS) is 15.9. The number of aromatic nitrogens is 1. The Morgan fingerprint density at radius 1 is 0.950 bits per heavy atom. The molecule has 0 N–H and O–H groups in total. The first-order valence-corrected chi connectivity index (χ1v) is 13.3. The van der Waals surface area contributed by atoms with E-state index < -0.39 is 4.92 Å². The van der Waals surface area contributed by atoms with Gasteiger partial charge in [-0.15, -0.1) is 0 Å². The van der Waals surface area contributed by atoms with Crippen LogP contribution in [0.25, 0.3) is 11.8 Å². The number of anilines is 1. The molecule has 40 heavy (non-hydrogen) atoms. The summed E-state index contributed by atoms with van der Waals surface area (Å²) in [6.07, 6.45) is 6.79. The molecule has 1 atom stereocenters. The number of non-ortho nitro benzene ring substituents is 1. The molecule has 1 fully saturated rings. The topological polar surface area (TPSA) is 88.7 Å². The largest absolute Gasteiger partial charge is 0.327 e. The Hall–Kier alpha value is -4.98. The van der Waals surface area contributed by atoms with Crippen molar-refractivity contribution in [3.8, 4) is 5.69 Å². The van der Waals surface area contributed by atoms with Gasteiger partial charge in [0.25, 0.3) is 5.69 Å². The lowest BCUT2D eigenvalue weighted by Crippen LogP contribution is -2.47. The second-order valence-corrected chi connectivity index (χ2v) is 10.2. The van der Waals surface area contributed by atoms with Gasteiger partial charge in [-0.2, -0.15) is 0 Å². The van der Waals surface area contributed by atoms with Gasteiger partial charge in [-0.05, 0) is 73.4 Å². The summed E-state index contributed by atoms with van der Waals surface area (Å²) >= 11 is 0. The second kappa shape index (κ2) is 10.3. The lowest BCUT2D eigenvalue weighted by molar-refractivity contribution is -0.384. The van der Waals surface area contributed by atoms with Crippen molar-refractivity contribution in [2.45, 2.75) is 31.8 Å². The molecule has 0 spiro atoms. The van der Waals surface area contributed by atoms with Crippen molar-refractivity contribution in [1.29, 1.82) is 0 Å². The molecular weight excluding hydrogens is 504 g/mol. The third kappa shape index (κ3) is 4.80. The van der Waals surface area contributed by atoms with E-state index in [1.54, 1.807) is 23.1 Å². The molecule has 1 aliphatic carbocycles. The van der Waals surface area contributed by atoms with Crippen molar-refractivity contribution >= 4 is 29.3 Å². The van der Waals surface area contributed by atoms with Crippen LogP contribution >= 0.6 is 0 Å². The van der Waals surface area contributed by atoms with Crippen LogP contribution in [0.2, 0.25) is 0 Å². The number of fused-ring (bicyclic) bond motifs is 3. The van der Waals surface area contributed by atoms with Crippen LogP contribution < -0.4 is 4.90 Å². The minimum absolute atomic E-state index is 0.00948. The monoisotopic (exact) mass is 532 g/mol. The zero-order chi connectivity index (χ0) is 27.8. The zero-order valence-electron chi connectivity index (χ0n) is 22.0. The van der Waals surface area contributed by atoms with Crippen LogP contribution in [0.4, 0.5) is 11.4 Å². The number of benzene rings is 3. The van der Waals surface area contributed by atoms with Crippen molar-refractivity contribution in [3.63, 3.8) is 0 Å². The van der Waals surface area contributed by atoms with Gasteiger partial charge in [-0.1, -0.05) is 42.0 Å². The lowest BCUT2D eigenvalue weighted by Gasteiger charge is -2.39. The van der Waals surface area contributed by atoms with Crippen molar-refractivity contribution in [2.24, 2.45) is 0 Å². The van der Waals surface area contributed by atoms with E-state index in [1.165, 1.54) is 18.2 Å². The van der Waals surface area contributed by atoms with Gasteiger partial charge >= 0.3 is 0 Å². The fraction of sp³-hybridized carbons (Fsp3) is 0.188. The smallest absolute Gasteiger partial charge is 0.269 e. The number of nitrogens with zero attached hydrogens (tertiary/aromatic N) is 4. The van der Waals surface area contributed by atoms with E-state index in [2.05, 4.69) is 28.8 Å². The Balaban J connectivity index is 1.31. The molecule has 1 unspecified atom stereocenters. The van der Waals surface area contributed by atoms with Crippen molar-refractivity contribution in [3.05, 3.63) is 130 Å². The van der Waals surface area contributed by atoms with Crippen LogP contribution in [-0.4, -0.2) is 38.8 Å². The SMILES string of the molecule is Cc1ccc(C2c3cccn3-c3ccccc3N2C(=O)CN(C(=O)/C=C/c2ccc([N+](=O)[O-])cc2)C2CC2)cc1. The maximum absolute atomic E-state index is 14.2. The van der Waals surface area contributed by atoms with Crippen LogP contribution in [0.5, 0.6) is 0 Å². The van der Waals surface area contributed by atoms with Gasteiger partial charge in [-0.25, -0.2) is 0 Å². The molecule has 1 aliphatic heterocycles. The Kier molecular flexibility index (Phi) is 6.51. The number of aryl methyl sites for hydroxylation is 1. The van der Waals surface area contributed by atoms with E-state index in [0.717, 1.165) is 41.0 Å². The van der Waals surface area contributed by atoms with Crippen molar-refractivity contribution < 1.29 is 14.5 Å². The summed E-state index contributed by atoms with van der Waals surface area (Å²) in [7, 11) is 0. The minimum Gasteiger partial charge on any atom is -0.327 e. The first kappa shape index (κ1) is 25.3. The molecule has 2 aliphatic rings. The Morgan fingerprint density at radius 3 is 2.33 bits per heavy atom. The van der Waals surface area contributed by atoms with Gasteiger partial charge in [0.2, 0.25) is 11.8 Å². The van der Waals surface area contributed by atoms with E-state index >= 15 is 0 Å². The first-order chi connectivity index (χ1) is 19.4. The van der Waals surface area contributed by atoms with E-state index in [1.807, 2.05) is 54.4 Å². The number of carbonyl (C=O) groups excluding carboxylic acids is 2. The number of nitro benzene ring substituents is 1. The standard InChI is InChI=1S/C32H28N4O4/c1-22-8-13-24(14-9-22)32-29-7-4-20-33(29)27-5-2-3-6-28(27)35(32)31(38)21-34(25-17-18-25)30(37)19-12-23-10-15-26(16-11-23)36(39)40/h2-16,19-20,25,32H,17-18,21H2,1H3/b19-12+. The third-order valence-corrected chi connectivity index (χ3v) is 7.48. The molecule has 8 heteroatoms. The Morgan fingerprint density at radius 2 is 1.65 bits per heavy atom. The van der Waals surface area contributed by atoms with Gasteiger partial charge in [0.1, 0.15) is 12.6 Å². The van der Waals surface area contributed by atoms with Crippen LogP contribution in [0, 0.1) is 17.0 Å². The summed E-state index contributed by atoms with van der Waals surface area (Å²) in [5, 5.41) is 10.9. The summed E-state index contributed by atoms with van der Waals surface area (Å²) in [6.45, 7) is 1.99. The predicted molar refractivity (Wildman–Crippen MR) is 153 cm³/mol. The number of carbonyl (C=O) groups is 2. The number of hydrogen-bond donors (Lipinski definition) is 0. The molecule has 1 saturated carbocycles. The Bertz CT molecular complexity index is 1620. The van der Waals surface area contributed by atoms with Gasteiger partial charge in [0.15, 0.2) is 0 Å². The van der Waals surface area contributed by atoms with Gasteiger partial charge in [-0.3, -0.25) is 24.6 Å². The molecule has 4 aromatic rings. The third-order valence-electron chi connectivity index (χ3n) is 7.48. The summed E-state index contributed by atoms with van der Waals surface area (Å²) < 4.78 is 2.13. The van der Waals surface area contributed by atoms with E-state index in [0.29, 0.717) is 5.56 Å². The summed E-state index contributed by atoms with van der Waals surface area (Å²) in [6, 6.07) is 25.8. The molecule has 6 rings (SSSR count). The lowest BCUT2D eigenvalue weighted by atomic mass is 9.97. The second-order valence-electron chi connectivity index (χ2n) is 10.2. The maximum Gasteiger partial charge on any atom is 0.269 e. The Labute approximate surface area is 231 Å². The van der Waals surface area contributed by atoms with Gasteiger partial charge < -0.3 is 9.47 Å². The minimum atomic E-state index is -0.460. The molecule has 0 radical (unpaired) electrons. The average Bonchev–Trinajstić information content (AvgIpc) is 3.69. The van der Waals surface area contributed by atoms with E-state index in [9.17, 15) is 19.7 Å². The number of para-hydroxylation sites is 2. The molecule has 2 amide bonds. The highest BCUT2D eigenvalue weighted by Gasteiger charge is 2.39. The molecule has 8 nitrogen and oxygen atoms in total. The van der Waals surface area contributed by atoms with E-state index in [4.69, 9.17) is 0 Å². The molecule has 1 aromatic heterocycles. The number of rotatable bonds is 7. The number of nitro groups is 1. The van der Waals surface area contributed by atoms with Crippen molar-refractivity contribution in [2.75, 3.05) is 11.4 Å². The highest BCUT2D eigenvalue weighted by atomic mass is 16.6. The van der Waals surface area contributed by atoms with Gasteiger partial charge in [0, 0.05) is 30.4 Å². The molecule has 0 bridgehead atoms. The number of amides is 2. The summed E-state index contributed by atoms with van der Waals surface area (Å²) in [5.41, 5.74) is 5.50.